The van der Waals surface area contributed by atoms with E-state index in [0.717, 1.165) is 18.4 Å². The van der Waals surface area contributed by atoms with Crippen LogP contribution in [-0.4, -0.2) is 41.7 Å². The van der Waals surface area contributed by atoms with Crippen LogP contribution in [0.5, 0.6) is 5.75 Å². The lowest BCUT2D eigenvalue weighted by Crippen LogP contribution is -2.43. The molecule has 1 fully saturated rings. The van der Waals surface area contributed by atoms with Crippen LogP contribution in [-0.2, 0) is 4.79 Å². The molecule has 0 bridgehead atoms. The van der Waals surface area contributed by atoms with E-state index in [-0.39, 0.29) is 25.2 Å². The number of hydrogen-bond acceptors (Lipinski definition) is 3. The number of benzene rings is 1. The molecule has 2 rings (SSSR count). The molecule has 0 spiro atoms. The SMILES string of the molecule is Cc1cccc(OCC(=O)N(CCO)C2CCCC2)c1. The van der Waals surface area contributed by atoms with Crippen LogP contribution in [0.1, 0.15) is 31.2 Å². The number of aryl methyl sites for hydroxylation is 1. The monoisotopic (exact) mass is 277 g/mol. The quantitative estimate of drug-likeness (QED) is 0.866. The highest BCUT2D eigenvalue weighted by Gasteiger charge is 2.26. The van der Waals surface area contributed by atoms with Crippen LogP contribution >= 0.6 is 0 Å². The minimum absolute atomic E-state index is 0.00663. The van der Waals surface area contributed by atoms with Gasteiger partial charge in [0, 0.05) is 12.6 Å². The predicted octanol–water partition coefficient (Wildman–Crippen LogP) is 2.14. The highest BCUT2D eigenvalue weighted by molar-refractivity contribution is 5.78. The topological polar surface area (TPSA) is 49.8 Å². The third-order valence-electron chi connectivity index (χ3n) is 3.78. The second kappa shape index (κ2) is 7.29. The second-order valence-corrected chi connectivity index (χ2v) is 5.35. The molecule has 1 aliphatic rings. The lowest BCUT2D eigenvalue weighted by molar-refractivity contribution is -0.136. The number of aliphatic hydroxyl groups excluding tert-OH is 1. The number of carbonyl (C=O) groups excluding carboxylic acids is 1. The molecule has 0 atom stereocenters. The van der Waals surface area contributed by atoms with Gasteiger partial charge < -0.3 is 14.7 Å². The van der Waals surface area contributed by atoms with Crippen molar-refractivity contribution in [1.29, 1.82) is 0 Å². The van der Waals surface area contributed by atoms with E-state index in [9.17, 15) is 4.79 Å². The van der Waals surface area contributed by atoms with Gasteiger partial charge in [-0.3, -0.25) is 4.79 Å². The molecule has 1 aromatic carbocycles. The van der Waals surface area contributed by atoms with Gasteiger partial charge in [0.15, 0.2) is 6.61 Å². The Labute approximate surface area is 120 Å². The van der Waals surface area contributed by atoms with E-state index in [2.05, 4.69) is 0 Å². The number of rotatable bonds is 6. The van der Waals surface area contributed by atoms with Crippen molar-refractivity contribution >= 4 is 5.91 Å². The molecule has 1 N–H and O–H groups in total. The molecule has 0 aromatic heterocycles. The Bertz CT molecular complexity index is 441. The highest BCUT2D eigenvalue weighted by atomic mass is 16.5. The third kappa shape index (κ3) is 3.97. The van der Waals surface area contributed by atoms with Crippen LogP contribution in [0.2, 0.25) is 0 Å². The third-order valence-corrected chi connectivity index (χ3v) is 3.78. The molecular formula is C16H23NO3. The maximum atomic E-state index is 12.3. The minimum atomic E-state index is -0.0348. The number of carbonyl (C=O) groups is 1. The highest BCUT2D eigenvalue weighted by Crippen LogP contribution is 2.23. The molecule has 1 aromatic rings. The lowest BCUT2D eigenvalue weighted by atomic mass is 10.2. The zero-order chi connectivity index (χ0) is 14.4. The molecule has 4 heteroatoms. The van der Waals surface area contributed by atoms with Crippen LogP contribution in [0.3, 0.4) is 0 Å². The van der Waals surface area contributed by atoms with Gasteiger partial charge in [-0.15, -0.1) is 0 Å². The molecule has 4 nitrogen and oxygen atoms in total. The molecule has 1 aliphatic carbocycles. The summed E-state index contributed by atoms with van der Waals surface area (Å²) in [6.45, 7) is 2.44. The Morgan fingerprint density at radius 1 is 1.40 bits per heavy atom. The van der Waals surface area contributed by atoms with Gasteiger partial charge in [-0.1, -0.05) is 25.0 Å². The Morgan fingerprint density at radius 2 is 2.15 bits per heavy atom. The minimum Gasteiger partial charge on any atom is -0.484 e. The van der Waals surface area contributed by atoms with Crippen LogP contribution in [0.25, 0.3) is 0 Å². The van der Waals surface area contributed by atoms with Crippen molar-refractivity contribution in [1.82, 2.24) is 4.90 Å². The fraction of sp³-hybridized carbons (Fsp3) is 0.562. The zero-order valence-electron chi connectivity index (χ0n) is 12.0. The summed E-state index contributed by atoms with van der Waals surface area (Å²) in [6.07, 6.45) is 4.41. The summed E-state index contributed by atoms with van der Waals surface area (Å²) in [6, 6.07) is 7.95. The van der Waals surface area contributed by atoms with E-state index in [4.69, 9.17) is 9.84 Å². The lowest BCUT2D eigenvalue weighted by Gasteiger charge is -2.28. The van der Waals surface area contributed by atoms with Gasteiger partial charge in [0.25, 0.3) is 5.91 Å². The summed E-state index contributed by atoms with van der Waals surface area (Å²) in [5.74, 6) is 0.682. The van der Waals surface area contributed by atoms with E-state index in [1.54, 1.807) is 4.90 Å². The number of amides is 1. The Balaban J connectivity index is 1.91. The van der Waals surface area contributed by atoms with Crippen molar-refractivity contribution in [2.75, 3.05) is 19.8 Å². The van der Waals surface area contributed by atoms with Crippen molar-refractivity contribution in [3.63, 3.8) is 0 Å². The van der Waals surface area contributed by atoms with Gasteiger partial charge >= 0.3 is 0 Å². The predicted molar refractivity (Wildman–Crippen MR) is 77.7 cm³/mol. The van der Waals surface area contributed by atoms with Crippen LogP contribution < -0.4 is 4.74 Å². The second-order valence-electron chi connectivity index (χ2n) is 5.35. The van der Waals surface area contributed by atoms with Crippen LogP contribution in [0, 0.1) is 6.92 Å². The molecule has 1 amide bonds. The average Bonchev–Trinajstić information content (AvgIpc) is 2.96. The van der Waals surface area contributed by atoms with Crippen molar-refractivity contribution in [3.8, 4) is 5.75 Å². The van der Waals surface area contributed by atoms with E-state index >= 15 is 0 Å². The molecule has 20 heavy (non-hydrogen) atoms. The summed E-state index contributed by atoms with van der Waals surface area (Å²) >= 11 is 0. The van der Waals surface area contributed by atoms with Crippen molar-refractivity contribution < 1.29 is 14.6 Å². The number of aliphatic hydroxyl groups is 1. The zero-order valence-corrected chi connectivity index (χ0v) is 12.0. The van der Waals surface area contributed by atoms with Gasteiger partial charge in [0.05, 0.1) is 6.61 Å². The summed E-state index contributed by atoms with van der Waals surface area (Å²) in [5, 5.41) is 9.13. The molecule has 0 radical (unpaired) electrons. The van der Waals surface area contributed by atoms with Gasteiger partial charge in [0.1, 0.15) is 5.75 Å². The Kier molecular flexibility index (Phi) is 5.41. The van der Waals surface area contributed by atoms with Crippen LogP contribution in [0.4, 0.5) is 0 Å². The van der Waals surface area contributed by atoms with E-state index in [0.29, 0.717) is 12.3 Å². The summed E-state index contributed by atoms with van der Waals surface area (Å²) in [4.78, 5) is 14.0. The van der Waals surface area contributed by atoms with Gasteiger partial charge in [0.2, 0.25) is 0 Å². The van der Waals surface area contributed by atoms with Crippen LogP contribution in [0.15, 0.2) is 24.3 Å². The smallest absolute Gasteiger partial charge is 0.260 e. The van der Waals surface area contributed by atoms with E-state index < -0.39 is 0 Å². The van der Waals surface area contributed by atoms with Gasteiger partial charge in [-0.2, -0.15) is 0 Å². The first kappa shape index (κ1) is 14.9. The van der Waals surface area contributed by atoms with Crippen molar-refractivity contribution in [2.45, 2.75) is 38.6 Å². The van der Waals surface area contributed by atoms with Crippen molar-refractivity contribution in [3.05, 3.63) is 29.8 Å². The normalized spacial score (nSPS) is 15.3. The molecule has 0 saturated heterocycles. The fourth-order valence-electron chi connectivity index (χ4n) is 2.77. The molecule has 0 unspecified atom stereocenters. The first-order valence-electron chi connectivity index (χ1n) is 7.30. The molecular weight excluding hydrogens is 254 g/mol. The van der Waals surface area contributed by atoms with E-state index in [1.807, 2.05) is 31.2 Å². The maximum absolute atomic E-state index is 12.3. The van der Waals surface area contributed by atoms with Gasteiger partial charge in [-0.25, -0.2) is 0 Å². The molecule has 110 valence electrons. The first-order valence-corrected chi connectivity index (χ1v) is 7.30. The Hall–Kier alpha value is -1.55. The fourth-order valence-corrected chi connectivity index (χ4v) is 2.77. The number of ether oxygens (including phenoxy) is 1. The summed E-state index contributed by atoms with van der Waals surface area (Å²) in [7, 11) is 0. The largest absolute Gasteiger partial charge is 0.484 e. The maximum Gasteiger partial charge on any atom is 0.260 e. The first-order chi connectivity index (χ1) is 9.70. The standard InChI is InChI=1S/C16H23NO3/c1-13-5-4-8-15(11-13)20-12-16(19)17(9-10-18)14-6-2-3-7-14/h4-5,8,11,14,18H,2-3,6-7,9-10,12H2,1H3. The average molecular weight is 277 g/mol. The number of hydrogen-bond donors (Lipinski definition) is 1. The number of nitrogens with zero attached hydrogens (tertiary/aromatic N) is 1. The molecule has 0 aliphatic heterocycles. The summed E-state index contributed by atoms with van der Waals surface area (Å²) in [5.41, 5.74) is 1.11. The Morgan fingerprint density at radius 3 is 2.80 bits per heavy atom. The van der Waals surface area contributed by atoms with Crippen molar-refractivity contribution in [2.24, 2.45) is 0 Å². The van der Waals surface area contributed by atoms with Gasteiger partial charge in [-0.05, 0) is 37.5 Å². The summed E-state index contributed by atoms with van der Waals surface area (Å²) < 4.78 is 5.56. The molecule has 1 saturated carbocycles. The van der Waals surface area contributed by atoms with E-state index in [1.165, 1.54) is 12.8 Å². The molecule has 0 heterocycles.